The number of morpholine rings is 2. The summed E-state index contributed by atoms with van der Waals surface area (Å²) >= 11 is 1.88. The van der Waals surface area contributed by atoms with Crippen molar-refractivity contribution in [1.82, 2.24) is 20.4 Å². The minimum atomic E-state index is 0.317. The average Bonchev–Trinajstić information content (AvgIpc) is 3.16. The summed E-state index contributed by atoms with van der Waals surface area (Å²) in [5, 5.41) is 6.89. The molecule has 158 valence electrons. The van der Waals surface area contributed by atoms with E-state index in [1.807, 2.05) is 11.3 Å². The Labute approximate surface area is 173 Å². The first-order valence-electron chi connectivity index (χ1n) is 10.5. The molecule has 0 bridgehead atoms. The highest BCUT2D eigenvalue weighted by molar-refractivity contribution is 7.12. The lowest BCUT2D eigenvalue weighted by atomic mass is 10.2. The van der Waals surface area contributed by atoms with Gasteiger partial charge in [0.05, 0.1) is 39.0 Å². The van der Waals surface area contributed by atoms with E-state index in [0.717, 1.165) is 84.7 Å². The molecular formula is C20H35N5O2S. The number of rotatable bonds is 8. The molecule has 0 aliphatic carbocycles. The molecule has 2 saturated heterocycles. The molecule has 0 spiro atoms. The molecule has 1 unspecified atom stereocenters. The standard InChI is InChI=1S/C20H35N5O2S/c1-3-21-20(22-6-7-24-8-12-26-13-9-24)23-16-18(19-5-4-17(2)28-19)25-10-14-27-15-11-25/h4-5,18H,3,6-16H2,1-2H3,(H2,21,22,23). The molecule has 3 rings (SSSR count). The fourth-order valence-corrected chi connectivity index (χ4v) is 4.59. The maximum atomic E-state index is 5.55. The molecule has 0 amide bonds. The van der Waals surface area contributed by atoms with Gasteiger partial charge in [0, 0.05) is 55.6 Å². The first kappa shape index (κ1) is 21.5. The number of guanidine groups is 1. The van der Waals surface area contributed by atoms with Crippen LogP contribution in [-0.4, -0.2) is 94.5 Å². The van der Waals surface area contributed by atoms with Crippen molar-refractivity contribution in [1.29, 1.82) is 0 Å². The molecular weight excluding hydrogens is 374 g/mol. The number of nitrogens with zero attached hydrogens (tertiary/aromatic N) is 3. The van der Waals surface area contributed by atoms with Gasteiger partial charge in [-0.25, -0.2) is 0 Å². The molecule has 0 saturated carbocycles. The second-order valence-corrected chi connectivity index (χ2v) is 8.53. The van der Waals surface area contributed by atoms with E-state index < -0.39 is 0 Å². The molecule has 0 radical (unpaired) electrons. The van der Waals surface area contributed by atoms with Gasteiger partial charge in [0.1, 0.15) is 0 Å². The van der Waals surface area contributed by atoms with Gasteiger partial charge in [-0.1, -0.05) is 0 Å². The molecule has 8 heteroatoms. The molecule has 2 aliphatic rings. The van der Waals surface area contributed by atoms with Crippen molar-refractivity contribution in [3.05, 3.63) is 21.9 Å². The first-order valence-corrected chi connectivity index (χ1v) is 11.3. The van der Waals surface area contributed by atoms with Gasteiger partial charge in [0.25, 0.3) is 0 Å². The molecule has 2 fully saturated rings. The molecule has 2 aliphatic heterocycles. The van der Waals surface area contributed by atoms with Crippen molar-refractivity contribution in [2.45, 2.75) is 19.9 Å². The lowest BCUT2D eigenvalue weighted by Gasteiger charge is -2.33. The zero-order chi connectivity index (χ0) is 19.6. The van der Waals surface area contributed by atoms with E-state index in [2.05, 4.69) is 46.4 Å². The van der Waals surface area contributed by atoms with Crippen molar-refractivity contribution in [2.24, 2.45) is 4.99 Å². The quantitative estimate of drug-likeness (QED) is 0.499. The maximum Gasteiger partial charge on any atom is 0.191 e. The van der Waals surface area contributed by atoms with Crippen LogP contribution in [-0.2, 0) is 9.47 Å². The fourth-order valence-electron chi connectivity index (χ4n) is 3.58. The van der Waals surface area contributed by atoms with Crippen LogP contribution in [0, 0.1) is 6.92 Å². The average molecular weight is 410 g/mol. The number of nitrogens with one attached hydrogen (secondary N) is 2. The van der Waals surface area contributed by atoms with Crippen LogP contribution in [0.5, 0.6) is 0 Å². The van der Waals surface area contributed by atoms with Crippen molar-refractivity contribution < 1.29 is 9.47 Å². The Morgan fingerprint density at radius 3 is 2.46 bits per heavy atom. The van der Waals surface area contributed by atoms with E-state index in [9.17, 15) is 0 Å². The van der Waals surface area contributed by atoms with Crippen LogP contribution in [0.25, 0.3) is 0 Å². The van der Waals surface area contributed by atoms with Gasteiger partial charge in [0.15, 0.2) is 5.96 Å². The van der Waals surface area contributed by atoms with Crippen LogP contribution in [0.4, 0.5) is 0 Å². The minimum absolute atomic E-state index is 0.317. The summed E-state index contributed by atoms with van der Waals surface area (Å²) in [6.07, 6.45) is 0. The summed E-state index contributed by atoms with van der Waals surface area (Å²) in [6, 6.07) is 4.79. The van der Waals surface area contributed by atoms with Gasteiger partial charge in [-0.2, -0.15) is 0 Å². The molecule has 1 aromatic heterocycles. The molecule has 3 heterocycles. The number of hydrogen-bond acceptors (Lipinski definition) is 6. The van der Waals surface area contributed by atoms with Gasteiger partial charge in [-0.05, 0) is 26.0 Å². The number of aliphatic imine (C=N–C) groups is 1. The van der Waals surface area contributed by atoms with E-state index in [-0.39, 0.29) is 0 Å². The highest BCUT2D eigenvalue weighted by atomic mass is 32.1. The van der Waals surface area contributed by atoms with Gasteiger partial charge < -0.3 is 20.1 Å². The monoisotopic (exact) mass is 409 g/mol. The van der Waals surface area contributed by atoms with Crippen LogP contribution in [0.2, 0.25) is 0 Å². The zero-order valence-electron chi connectivity index (χ0n) is 17.3. The van der Waals surface area contributed by atoms with E-state index in [1.165, 1.54) is 9.75 Å². The molecule has 28 heavy (non-hydrogen) atoms. The van der Waals surface area contributed by atoms with Crippen molar-refractivity contribution in [2.75, 3.05) is 78.8 Å². The molecule has 7 nitrogen and oxygen atoms in total. The highest BCUT2D eigenvalue weighted by Crippen LogP contribution is 2.28. The summed E-state index contributed by atoms with van der Waals surface area (Å²) in [5.41, 5.74) is 0. The largest absolute Gasteiger partial charge is 0.379 e. The third kappa shape index (κ3) is 6.70. The maximum absolute atomic E-state index is 5.55. The Hall–Kier alpha value is -1.19. The van der Waals surface area contributed by atoms with E-state index >= 15 is 0 Å². The summed E-state index contributed by atoms with van der Waals surface area (Å²) in [5.74, 6) is 0.905. The Balaban J connectivity index is 1.58. The van der Waals surface area contributed by atoms with Gasteiger partial charge >= 0.3 is 0 Å². The van der Waals surface area contributed by atoms with Crippen LogP contribution < -0.4 is 10.6 Å². The summed E-state index contributed by atoms with van der Waals surface area (Å²) in [4.78, 5) is 12.6. The normalized spacial score (nSPS) is 20.9. The second kappa shape index (κ2) is 11.7. The Bertz CT molecular complexity index is 597. The number of ether oxygens (including phenoxy) is 2. The van der Waals surface area contributed by atoms with Crippen molar-refractivity contribution in [3.63, 3.8) is 0 Å². The second-order valence-electron chi connectivity index (χ2n) is 7.21. The molecule has 1 aromatic rings. The van der Waals surface area contributed by atoms with Gasteiger partial charge in [-0.3, -0.25) is 14.8 Å². The van der Waals surface area contributed by atoms with Crippen molar-refractivity contribution in [3.8, 4) is 0 Å². The summed E-state index contributed by atoms with van der Waals surface area (Å²) < 4.78 is 11.0. The zero-order valence-corrected chi connectivity index (χ0v) is 18.1. The molecule has 0 aromatic carbocycles. The molecule has 2 N–H and O–H groups in total. The predicted molar refractivity (Wildman–Crippen MR) is 115 cm³/mol. The van der Waals surface area contributed by atoms with Crippen LogP contribution in [0.3, 0.4) is 0 Å². The number of thiophene rings is 1. The van der Waals surface area contributed by atoms with Crippen LogP contribution in [0.15, 0.2) is 17.1 Å². The smallest absolute Gasteiger partial charge is 0.191 e. The third-order valence-corrected chi connectivity index (χ3v) is 6.27. The Kier molecular flexibility index (Phi) is 9.01. The summed E-state index contributed by atoms with van der Waals surface area (Å²) in [7, 11) is 0. The van der Waals surface area contributed by atoms with E-state index in [4.69, 9.17) is 14.5 Å². The predicted octanol–water partition coefficient (Wildman–Crippen LogP) is 1.32. The van der Waals surface area contributed by atoms with Crippen LogP contribution >= 0.6 is 11.3 Å². The van der Waals surface area contributed by atoms with E-state index in [1.54, 1.807) is 0 Å². The number of hydrogen-bond donors (Lipinski definition) is 2. The fraction of sp³-hybridized carbons (Fsp3) is 0.750. The SMILES string of the molecule is CCNC(=NCC(c1ccc(C)s1)N1CCOCC1)NCCN1CCOCC1. The minimum Gasteiger partial charge on any atom is -0.379 e. The van der Waals surface area contributed by atoms with Gasteiger partial charge in [0.2, 0.25) is 0 Å². The Morgan fingerprint density at radius 1 is 1.11 bits per heavy atom. The Morgan fingerprint density at radius 2 is 1.82 bits per heavy atom. The summed E-state index contributed by atoms with van der Waals surface area (Å²) in [6.45, 7) is 15.1. The number of aryl methyl sites for hydroxylation is 1. The van der Waals surface area contributed by atoms with Crippen LogP contribution in [0.1, 0.15) is 22.7 Å². The lowest BCUT2D eigenvalue weighted by molar-refractivity contribution is 0.0186. The van der Waals surface area contributed by atoms with E-state index in [0.29, 0.717) is 6.04 Å². The van der Waals surface area contributed by atoms with Crippen molar-refractivity contribution >= 4 is 17.3 Å². The molecule has 1 atom stereocenters. The highest BCUT2D eigenvalue weighted by Gasteiger charge is 2.23. The lowest BCUT2D eigenvalue weighted by Crippen LogP contribution is -2.45. The van der Waals surface area contributed by atoms with Gasteiger partial charge in [-0.15, -0.1) is 11.3 Å². The first-order chi connectivity index (χ1) is 13.8. The topological polar surface area (TPSA) is 61.4 Å². The third-order valence-electron chi connectivity index (χ3n) is 5.17.